The number of nitrogens with zero attached hydrogens (tertiary/aromatic N) is 2. The number of carbonyl (C=O) groups excluding carboxylic acids is 2. The summed E-state index contributed by atoms with van der Waals surface area (Å²) in [7, 11) is 2.57. The van der Waals surface area contributed by atoms with Crippen LogP contribution in [0.4, 0.5) is 0 Å². The van der Waals surface area contributed by atoms with Gasteiger partial charge in [0.05, 0.1) is 49.8 Å². The number of aliphatic hydroxyl groups is 2. The number of esters is 2. The summed E-state index contributed by atoms with van der Waals surface area (Å²) in [4.78, 5) is 41.7. The van der Waals surface area contributed by atoms with Gasteiger partial charge in [-0.1, -0.05) is 13.8 Å². The molecule has 0 saturated carbocycles. The largest absolute Gasteiger partial charge is 0.469 e. The lowest BCUT2D eigenvalue weighted by Crippen LogP contribution is -2.45. The third-order valence-corrected chi connectivity index (χ3v) is 9.27. The van der Waals surface area contributed by atoms with Gasteiger partial charge in [0.2, 0.25) is 0 Å². The Morgan fingerprint density at radius 3 is 1.89 bits per heavy atom. The molecule has 0 spiro atoms. The molecular formula is C34H40N4O6. The first-order chi connectivity index (χ1) is 20.8. The number of fused-ring (bicyclic) bond motifs is 8. The van der Waals surface area contributed by atoms with Crippen LogP contribution < -0.4 is 0 Å². The van der Waals surface area contributed by atoms with Crippen LogP contribution in [0.3, 0.4) is 0 Å². The van der Waals surface area contributed by atoms with E-state index in [1.165, 1.54) is 21.1 Å². The predicted octanol–water partition coefficient (Wildman–Crippen LogP) is 5.21. The van der Waals surface area contributed by atoms with E-state index < -0.39 is 29.6 Å². The van der Waals surface area contributed by atoms with E-state index in [0.717, 1.165) is 50.7 Å². The van der Waals surface area contributed by atoms with Gasteiger partial charge in [0, 0.05) is 22.1 Å². The number of ether oxygens (including phenoxy) is 2. The minimum atomic E-state index is -2.10. The fraction of sp³-hybridized carbons (Fsp3) is 0.412. The molecule has 0 saturated heterocycles. The number of aromatic amines is 2. The molecule has 44 heavy (non-hydrogen) atoms. The monoisotopic (exact) mass is 600 g/mol. The Labute approximate surface area is 256 Å². The van der Waals surface area contributed by atoms with Crippen LogP contribution in [0, 0.1) is 13.8 Å². The van der Waals surface area contributed by atoms with E-state index >= 15 is 0 Å². The van der Waals surface area contributed by atoms with Crippen molar-refractivity contribution in [1.82, 2.24) is 19.9 Å². The van der Waals surface area contributed by atoms with Crippen LogP contribution in [-0.2, 0) is 43.1 Å². The number of methoxy groups -OCH3 is 2. The maximum Gasteiger partial charge on any atom is 0.310 e. The third kappa shape index (κ3) is 4.92. The highest BCUT2D eigenvalue weighted by molar-refractivity contribution is 5.99. The second kappa shape index (κ2) is 11.3. The molecule has 3 aromatic rings. The van der Waals surface area contributed by atoms with E-state index in [9.17, 15) is 19.8 Å². The zero-order chi connectivity index (χ0) is 32.1. The average molecular weight is 601 g/mol. The summed E-state index contributed by atoms with van der Waals surface area (Å²) >= 11 is 0. The van der Waals surface area contributed by atoms with Crippen LogP contribution in [0.25, 0.3) is 33.2 Å². The summed E-state index contributed by atoms with van der Waals surface area (Å²) in [6, 6.07) is 7.31. The number of hydrogen-bond donors (Lipinski definition) is 4. The first-order valence-electron chi connectivity index (χ1n) is 14.8. The summed E-state index contributed by atoms with van der Waals surface area (Å²) in [5.41, 5.74) is 6.34. The van der Waals surface area contributed by atoms with Crippen molar-refractivity contribution in [3.8, 4) is 0 Å². The van der Waals surface area contributed by atoms with Gasteiger partial charge in [0.1, 0.15) is 5.60 Å². The third-order valence-electron chi connectivity index (χ3n) is 9.27. The minimum absolute atomic E-state index is 0.000607. The molecule has 0 aromatic carbocycles. The van der Waals surface area contributed by atoms with Gasteiger partial charge < -0.3 is 29.7 Å². The summed E-state index contributed by atoms with van der Waals surface area (Å²) in [5.74, 6) is -1.11. The standard InChI is InChI=1S/C34H40N4O6/c1-9-20-17(3)23-12-24-18(4)21(10-2)28(36-24)15-30-34(42,16-32(40)44-8)33(6,41)29(38-30)14-25-19(5)22(11-31(39)43-7)27(37-25)13-26(20)35-23/h12-15,35-36,41-42H,9-11,16H2,1-8H3. The fourth-order valence-electron chi connectivity index (χ4n) is 6.34. The zero-order valence-corrected chi connectivity index (χ0v) is 26.6. The van der Waals surface area contributed by atoms with Gasteiger partial charge in [-0.25, -0.2) is 4.98 Å². The molecule has 2 unspecified atom stereocenters. The Hall–Kier alpha value is -4.28. The van der Waals surface area contributed by atoms with Crippen LogP contribution in [0.1, 0.15) is 85.6 Å². The van der Waals surface area contributed by atoms with E-state index in [4.69, 9.17) is 19.4 Å². The van der Waals surface area contributed by atoms with Crippen molar-refractivity contribution in [3.63, 3.8) is 0 Å². The lowest BCUT2D eigenvalue weighted by atomic mass is 9.79. The number of aryl methyl sites for hydroxylation is 4. The Balaban J connectivity index is 1.98. The molecule has 10 heteroatoms. The molecule has 0 aliphatic carbocycles. The number of carbonyl (C=O) groups is 2. The van der Waals surface area contributed by atoms with Crippen LogP contribution in [0.5, 0.6) is 0 Å². The van der Waals surface area contributed by atoms with E-state index in [-0.39, 0.29) is 17.8 Å². The van der Waals surface area contributed by atoms with Crippen LogP contribution in [0.2, 0.25) is 0 Å². The van der Waals surface area contributed by atoms with Crippen molar-refractivity contribution in [3.05, 3.63) is 69.3 Å². The quantitative estimate of drug-likeness (QED) is 0.282. The number of hydrogen-bond acceptors (Lipinski definition) is 8. The van der Waals surface area contributed by atoms with Gasteiger partial charge in [-0.15, -0.1) is 0 Å². The second-order valence-electron chi connectivity index (χ2n) is 11.7. The molecule has 8 bridgehead atoms. The number of aromatic nitrogens is 4. The predicted molar refractivity (Wildman–Crippen MR) is 168 cm³/mol. The molecule has 2 aliphatic heterocycles. The van der Waals surface area contributed by atoms with Gasteiger partial charge in [-0.2, -0.15) is 0 Å². The van der Waals surface area contributed by atoms with Gasteiger partial charge in [-0.05, 0) is 98.2 Å². The minimum Gasteiger partial charge on any atom is -0.469 e. The summed E-state index contributed by atoms with van der Waals surface area (Å²) in [6.07, 6.45) is 0.967. The molecule has 5 heterocycles. The van der Waals surface area contributed by atoms with E-state index in [1.807, 2.05) is 26.8 Å². The van der Waals surface area contributed by atoms with Crippen molar-refractivity contribution in [2.45, 2.75) is 78.4 Å². The van der Waals surface area contributed by atoms with E-state index in [1.54, 1.807) is 12.1 Å². The molecule has 3 aromatic heterocycles. The van der Waals surface area contributed by atoms with Crippen molar-refractivity contribution < 1.29 is 29.3 Å². The number of rotatable bonds is 6. The van der Waals surface area contributed by atoms with Crippen molar-refractivity contribution in [1.29, 1.82) is 0 Å². The fourth-order valence-corrected chi connectivity index (χ4v) is 6.34. The molecule has 2 aliphatic rings. The van der Waals surface area contributed by atoms with Crippen LogP contribution in [-0.4, -0.2) is 56.3 Å². The smallest absolute Gasteiger partial charge is 0.310 e. The van der Waals surface area contributed by atoms with Crippen molar-refractivity contribution in [2.24, 2.45) is 0 Å². The maximum atomic E-state index is 12.6. The number of H-pyrrole nitrogens is 2. The summed E-state index contributed by atoms with van der Waals surface area (Å²) in [5, 5.41) is 24.0. The molecule has 4 N–H and O–H groups in total. The lowest BCUT2D eigenvalue weighted by Gasteiger charge is -2.34. The van der Waals surface area contributed by atoms with Crippen molar-refractivity contribution >= 4 is 45.2 Å². The second-order valence-corrected chi connectivity index (χ2v) is 11.7. The molecule has 2 atom stereocenters. The Bertz CT molecular complexity index is 1880. The van der Waals surface area contributed by atoms with E-state index in [2.05, 4.69) is 29.9 Å². The molecule has 0 radical (unpaired) electrons. The highest BCUT2D eigenvalue weighted by Crippen LogP contribution is 2.47. The Kier molecular flexibility index (Phi) is 8.02. The van der Waals surface area contributed by atoms with Gasteiger partial charge in [-0.3, -0.25) is 14.6 Å². The molecule has 232 valence electrons. The van der Waals surface area contributed by atoms with Crippen molar-refractivity contribution in [2.75, 3.05) is 14.2 Å². The highest BCUT2D eigenvalue weighted by atomic mass is 16.5. The maximum absolute atomic E-state index is 12.6. The Morgan fingerprint density at radius 1 is 0.773 bits per heavy atom. The van der Waals surface area contributed by atoms with Crippen LogP contribution in [0.15, 0.2) is 24.3 Å². The first-order valence-corrected chi connectivity index (χ1v) is 14.8. The highest BCUT2D eigenvalue weighted by Gasteiger charge is 2.56. The summed E-state index contributed by atoms with van der Waals surface area (Å²) in [6.45, 7) is 11.5. The normalized spacial score (nSPS) is 19.8. The lowest BCUT2D eigenvalue weighted by molar-refractivity contribution is -0.173. The number of nitrogens with one attached hydrogen (secondary N) is 2. The van der Waals surface area contributed by atoms with Crippen LogP contribution >= 0.6 is 0 Å². The Morgan fingerprint density at radius 2 is 1.34 bits per heavy atom. The molecule has 5 rings (SSSR count). The van der Waals surface area contributed by atoms with E-state index in [0.29, 0.717) is 29.0 Å². The molecule has 0 fully saturated rings. The first kappa shape index (κ1) is 31.2. The molecule has 0 amide bonds. The SMILES string of the molecule is CCc1c(C)c2cc3[nH]c(cc4nc(cc5nc(cc1[nH]2)C(CC(=O)OC)=C5C)C(C)(O)C4(O)CC(=O)OC)c(CC)c3C. The molecule has 10 nitrogen and oxygen atoms in total. The van der Waals surface area contributed by atoms with Gasteiger partial charge >= 0.3 is 11.9 Å². The zero-order valence-electron chi connectivity index (χ0n) is 26.6. The van der Waals surface area contributed by atoms with Gasteiger partial charge in [0.15, 0.2) is 5.60 Å². The molecular weight excluding hydrogens is 560 g/mol. The average Bonchev–Trinajstić information content (AvgIpc) is 3.60. The number of allylic oxidation sites excluding steroid dienone is 1. The topological polar surface area (TPSA) is 150 Å². The summed E-state index contributed by atoms with van der Waals surface area (Å²) < 4.78 is 9.89. The van der Waals surface area contributed by atoms with Gasteiger partial charge in [0.25, 0.3) is 0 Å².